The predicted octanol–water partition coefficient (Wildman–Crippen LogP) is 0.285. The van der Waals surface area contributed by atoms with Gasteiger partial charge in [0.2, 0.25) is 5.91 Å². The molecule has 1 aromatic carbocycles. The second-order valence-corrected chi connectivity index (χ2v) is 8.09. The molecule has 0 radical (unpaired) electrons. The molecule has 3 amide bonds. The molecular weight excluding hydrogens is 446 g/mol. The van der Waals surface area contributed by atoms with Gasteiger partial charge in [0.05, 0.1) is 17.4 Å². The van der Waals surface area contributed by atoms with E-state index in [1.165, 1.54) is 13.1 Å². The molecule has 3 rings (SSSR count). The van der Waals surface area contributed by atoms with E-state index < -0.39 is 16.9 Å². The van der Waals surface area contributed by atoms with Crippen molar-refractivity contribution in [3.63, 3.8) is 0 Å². The van der Waals surface area contributed by atoms with Gasteiger partial charge in [-0.3, -0.25) is 19.7 Å². The lowest BCUT2D eigenvalue weighted by atomic mass is 9.98. The molecule has 0 unspecified atom stereocenters. The summed E-state index contributed by atoms with van der Waals surface area (Å²) in [7, 11) is 3.48. The first-order chi connectivity index (χ1) is 16.2. The number of likely N-dealkylation sites (N-methyl/N-ethyl adjacent to an activating group) is 1. The fraction of sp³-hybridized carbons (Fsp3) is 0.571. The van der Waals surface area contributed by atoms with E-state index in [0.29, 0.717) is 18.8 Å². The Balaban J connectivity index is 0.000000340. The van der Waals surface area contributed by atoms with E-state index in [-0.39, 0.29) is 29.7 Å². The largest absolute Gasteiger partial charge is 0.481 e. The van der Waals surface area contributed by atoms with Crippen LogP contribution in [0.25, 0.3) is 0 Å². The summed E-state index contributed by atoms with van der Waals surface area (Å²) in [6.45, 7) is 4.57. The number of anilines is 2. The van der Waals surface area contributed by atoms with Gasteiger partial charge in [0.15, 0.2) is 0 Å². The average Bonchev–Trinajstić information content (AvgIpc) is 2.83. The van der Waals surface area contributed by atoms with E-state index in [1.54, 1.807) is 12.1 Å². The highest BCUT2D eigenvalue weighted by molar-refractivity contribution is 5.93. The van der Waals surface area contributed by atoms with Gasteiger partial charge in [0.25, 0.3) is 5.69 Å². The third kappa shape index (κ3) is 8.48. The van der Waals surface area contributed by atoms with Crippen LogP contribution in [0.15, 0.2) is 18.2 Å². The monoisotopic (exact) mass is 479 g/mol. The fourth-order valence-corrected chi connectivity index (χ4v) is 3.60. The summed E-state index contributed by atoms with van der Waals surface area (Å²) in [6, 6.07) is 3.93. The molecule has 34 heavy (non-hydrogen) atoms. The Hall–Kier alpha value is -3.45. The Labute approximate surface area is 198 Å². The first kappa shape index (κ1) is 26.8. The number of rotatable bonds is 6. The molecule has 1 aromatic rings. The summed E-state index contributed by atoms with van der Waals surface area (Å²) in [6.07, 6.45) is 1.62. The number of hydrogen-bond donors (Lipinski definition) is 5. The molecule has 0 spiro atoms. The number of carboxylic acids is 1. The number of nitro groups is 1. The zero-order valence-electron chi connectivity index (χ0n) is 19.5. The predicted molar refractivity (Wildman–Crippen MR) is 127 cm³/mol. The van der Waals surface area contributed by atoms with Crippen molar-refractivity contribution < 1.29 is 24.4 Å². The highest BCUT2D eigenvalue weighted by Gasteiger charge is 2.23. The van der Waals surface area contributed by atoms with Gasteiger partial charge in [0.1, 0.15) is 5.69 Å². The van der Waals surface area contributed by atoms with Gasteiger partial charge in [-0.15, -0.1) is 0 Å². The zero-order valence-corrected chi connectivity index (χ0v) is 19.5. The molecule has 13 nitrogen and oxygen atoms in total. The molecule has 0 saturated carbocycles. The van der Waals surface area contributed by atoms with Crippen LogP contribution in [0.2, 0.25) is 0 Å². The molecule has 0 aromatic heterocycles. The lowest BCUT2D eigenvalue weighted by Crippen LogP contribution is -2.43. The van der Waals surface area contributed by atoms with Gasteiger partial charge in [-0.1, -0.05) is 0 Å². The Morgan fingerprint density at radius 2 is 1.82 bits per heavy atom. The van der Waals surface area contributed by atoms with Crippen molar-refractivity contribution in [2.24, 2.45) is 5.92 Å². The van der Waals surface area contributed by atoms with Crippen LogP contribution in [-0.4, -0.2) is 92.7 Å². The summed E-state index contributed by atoms with van der Waals surface area (Å²) >= 11 is 0. The number of piperidine rings is 1. The van der Waals surface area contributed by atoms with Crippen LogP contribution in [-0.2, 0) is 9.59 Å². The van der Waals surface area contributed by atoms with Crippen molar-refractivity contribution in [3.05, 3.63) is 28.3 Å². The smallest absolute Gasteiger partial charge is 0.319 e. The Bertz CT molecular complexity index is 867. The number of aliphatic carboxylic acids is 1. The van der Waals surface area contributed by atoms with Crippen LogP contribution in [0.4, 0.5) is 21.9 Å². The minimum Gasteiger partial charge on any atom is -0.481 e. The van der Waals surface area contributed by atoms with Crippen molar-refractivity contribution in [2.45, 2.75) is 12.8 Å². The summed E-state index contributed by atoms with van der Waals surface area (Å²) < 4.78 is 0. The molecule has 2 fully saturated rings. The molecule has 188 valence electrons. The number of nitrogens with zero attached hydrogens (tertiary/aromatic N) is 3. The fourth-order valence-electron chi connectivity index (χ4n) is 3.60. The number of piperazine rings is 1. The number of benzene rings is 1. The third-order valence-electron chi connectivity index (χ3n) is 5.64. The number of nitrogens with one attached hydrogen (secondary N) is 4. The molecule has 0 bridgehead atoms. The van der Waals surface area contributed by atoms with Gasteiger partial charge in [-0.2, -0.15) is 0 Å². The summed E-state index contributed by atoms with van der Waals surface area (Å²) in [5.74, 6) is -1.06. The van der Waals surface area contributed by atoms with Crippen molar-refractivity contribution >= 4 is 35.0 Å². The number of urea groups is 1. The van der Waals surface area contributed by atoms with Gasteiger partial charge >= 0.3 is 12.0 Å². The molecule has 0 atom stereocenters. The number of carbonyl (C=O) groups excluding carboxylic acids is 2. The maximum atomic E-state index is 11.7. The average molecular weight is 480 g/mol. The minimum atomic E-state index is -0.631. The second-order valence-electron chi connectivity index (χ2n) is 8.09. The van der Waals surface area contributed by atoms with Gasteiger partial charge in [0, 0.05) is 45.0 Å². The van der Waals surface area contributed by atoms with Crippen molar-refractivity contribution in [2.75, 3.05) is 70.1 Å². The number of nitro benzene ring substituents is 1. The van der Waals surface area contributed by atoms with Crippen molar-refractivity contribution in [1.82, 2.24) is 20.9 Å². The molecule has 2 aliphatic rings. The molecule has 2 saturated heterocycles. The number of amides is 3. The van der Waals surface area contributed by atoms with E-state index in [9.17, 15) is 24.5 Å². The van der Waals surface area contributed by atoms with Crippen LogP contribution in [0, 0.1) is 16.0 Å². The summed E-state index contributed by atoms with van der Waals surface area (Å²) in [5.41, 5.74) is 0.744. The molecule has 2 heterocycles. The topological polar surface area (TPSA) is 169 Å². The second kappa shape index (κ2) is 13.3. The van der Waals surface area contributed by atoms with Crippen LogP contribution >= 0.6 is 0 Å². The highest BCUT2D eigenvalue weighted by atomic mass is 16.6. The molecular formula is C21H33N7O6. The third-order valence-corrected chi connectivity index (χ3v) is 5.64. The van der Waals surface area contributed by atoms with E-state index >= 15 is 0 Å². The lowest BCUT2D eigenvalue weighted by Gasteiger charge is -2.29. The standard InChI is InChI=1S/C14H20N6O4.C7H13NO2/c1-15-13(21)9-17-14(22)18-10-2-3-11(12(8-10)20(23)24)19-6-4-16-5-7-19;1-8-4-2-6(3-5-8)7(9)10/h2-3,8,16H,4-7,9H2,1H3,(H,15,21)(H2,17,18,22);6H,2-5H2,1H3,(H,9,10). The van der Waals surface area contributed by atoms with Crippen LogP contribution < -0.4 is 26.2 Å². The summed E-state index contributed by atoms with van der Waals surface area (Å²) in [5, 5.41) is 30.3. The van der Waals surface area contributed by atoms with Crippen LogP contribution in [0.5, 0.6) is 0 Å². The number of carboxylic acid groups (broad SMARTS) is 1. The first-order valence-electron chi connectivity index (χ1n) is 11.1. The van der Waals surface area contributed by atoms with Crippen molar-refractivity contribution in [3.8, 4) is 0 Å². The van der Waals surface area contributed by atoms with E-state index in [2.05, 4.69) is 26.2 Å². The van der Waals surface area contributed by atoms with Gasteiger partial charge < -0.3 is 36.2 Å². The number of hydrogen-bond acceptors (Lipinski definition) is 8. The van der Waals surface area contributed by atoms with Crippen LogP contribution in [0.3, 0.4) is 0 Å². The number of likely N-dealkylation sites (tertiary alicyclic amines) is 1. The van der Waals surface area contributed by atoms with E-state index in [4.69, 9.17) is 5.11 Å². The maximum absolute atomic E-state index is 11.7. The Morgan fingerprint density at radius 3 is 2.38 bits per heavy atom. The SMILES string of the molecule is CN1CCC(C(=O)O)CC1.CNC(=O)CNC(=O)Nc1ccc(N2CCNCC2)c([N+](=O)[O-])c1. The quantitative estimate of drug-likeness (QED) is 0.284. The molecule has 2 aliphatic heterocycles. The van der Waals surface area contributed by atoms with E-state index in [1.807, 2.05) is 11.9 Å². The van der Waals surface area contributed by atoms with Gasteiger partial charge in [-0.05, 0) is 45.1 Å². The molecule has 13 heteroatoms. The van der Waals surface area contributed by atoms with E-state index in [0.717, 1.165) is 39.0 Å². The Morgan fingerprint density at radius 1 is 1.18 bits per heavy atom. The lowest BCUT2D eigenvalue weighted by molar-refractivity contribution is -0.384. The number of carbonyl (C=O) groups is 3. The maximum Gasteiger partial charge on any atom is 0.319 e. The normalized spacial score (nSPS) is 16.6. The molecule has 0 aliphatic carbocycles. The van der Waals surface area contributed by atoms with Crippen molar-refractivity contribution in [1.29, 1.82) is 0 Å². The highest BCUT2D eigenvalue weighted by Crippen LogP contribution is 2.31. The summed E-state index contributed by atoms with van der Waals surface area (Å²) in [4.78, 5) is 48.2. The Kier molecular flexibility index (Phi) is 10.5. The molecule has 5 N–H and O–H groups in total. The van der Waals surface area contributed by atoms with Gasteiger partial charge in [-0.25, -0.2) is 4.79 Å². The zero-order chi connectivity index (χ0) is 25.1. The first-order valence-corrected chi connectivity index (χ1v) is 11.1. The minimum absolute atomic E-state index is 0.0685. The van der Waals surface area contributed by atoms with Crippen LogP contribution in [0.1, 0.15) is 12.8 Å².